The molecule has 0 aliphatic carbocycles. The largest absolute Gasteiger partial charge is 0.360 e. The zero-order valence-electron chi connectivity index (χ0n) is 5.48. The molecular weight excluding hydrogens is 152 g/mol. The van der Waals surface area contributed by atoms with Gasteiger partial charge in [-0.1, -0.05) is 5.21 Å². The number of ether oxygens (including phenoxy) is 1. The SMILES string of the molecule is CC(S)OCc1nn[nH]n1. The molecule has 1 rings (SSSR count). The molecule has 0 aliphatic heterocycles. The van der Waals surface area contributed by atoms with Gasteiger partial charge in [0.15, 0.2) is 5.82 Å². The number of H-pyrrole nitrogens is 1. The number of aromatic nitrogens is 4. The maximum absolute atomic E-state index is 5.07. The molecule has 0 amide bonds. The van der Waals surface area contributed by atoms with Crippen molar-refractivity contribution < 1.29 is 4.74 Å². The predicted octanol–water partition coefficient (Wildman–Crippen LogP) is -0.00790. The Bertz CT molecular complexity index is 175. The minimum absolute atomic E-state index is 0.0986. The summed E-state index contributed by atoms with van der Waals surface area (Å²) in [4.78, 5) is 0. The average molecular weight is 160 g/mol. The highest BCUT2D eigenvalue weighted by molar-refractivity contribution is 7.80. The fourth-order valence-electron chi connectivity index (χ4n) is 0.439. The fourth-order valence-corrected chi connectivity index (χ4v) is 0.513. The molecule has 0 saturated heterocycles. The molecule has 0 bridgehead atoms. The number of hydrogen-bond donors (Lipinski definition) is 2. The van der Waals surface area contributed by atoms with Crippen molar-refractivity contribution >= 4 is 12.6 Å². The Hall–Kier alpha value is -0.620. The Morgan fingerprint density at radius 2 is 2.60 bits per heavy atom. The van der Waals surface area contributed by atoms with Crippen LogP contribution in [0.15, 0.2) is 0 Å². The van der Waals surface area contributed by atoms with Crippen LogP contribution in [-0.2, 0) is 11.3 Å². The summed E-state index contributed by atoms with van der Waals surface area (Å²) in [7, 11) is 0. The van der Waals surface area contributed by atoms with Gasteiger partial charge in [0.05, 0.1) is 5.44 Å². The zero-order chi connectivity index (χ0) is 7.40. The van der Waals surface area contributed by atoms with Crippen LogP contribution in [0.5, 0.6) is 0 Å². The lowest BCUT2D eigenvalue weighted by molar-refractivity contribution is 0.106. The number of hydrogen-bond acceptors (Lipinski definition) is 5. The van der Waals surface area contributed by atoms with Crippen LogP contribution in [0.1, 0.15) is 12.7 Å². The first-order chi connectivity index (χ1) is 4.79. The summed E-state index contributed by atoms with van der Waals surface area (Å²) in [5.41, 5.74) is -0.0986. The fraction of sp³-hybridized carbons (Fsp3) is 0.750. The van der Waals surface area contributed by atoms with Gasteiger partial charge in [0.2, 0.25) is 0 Å². The van der Waals surface area contributed by atoms with Gasteiger partial charge in [0, 0.05) is 0 Å². The third kappa shape index (κ3) is 2.32. The van der Waals surface area contributed by atoms with Gasteiger partial charge in [-0.3, -0.25) is 0 Å². The minimum atomic E-state index is -0.0986. The summed E-state index contributed by atoms with van der Waals surface area (Å²) < 4.78 is 5.07. The van der Waals surface area contributed by atoms with Crippen molar-refractivity contribution in [1.29, 1.82) is 0 Å². The second-order valence-electron chi connectivity index (χ2n) is 1.74. The van der Waals surface area contributed by atoms with E-state index in [0.29, 0.717) is 12.4 Å². The number of nitrogens with zero attached hydrogens (tertiary/aromatic N) is 3. The lowest BCUT2D eigenvalue weighted by atomic mass is 10.7. The highest BCUT2D eigenvalue weighted by Crippen LogP contribution is 1.98. The van der Waals surface area contributed by atoms with Gasteiger partial charge in [0.25, 0.3) is 0 Å². The van der Waals surface area contributed by atoms with E-state index in [0.717, 1.165) is 0 Å². The number of nitrogens with one attached hydrogen (secondary N) is 1. The van der Waals surface area contributed by atoms with Crippen molar-refractivity contribution in [1.82, 2.24) is 20.6 Å². The Morgan fingerprint density at radius 1 is 1.80 bits per heavy atom. The van der Waals surface area contributed by atoms with Gasteiger partial charge in [-0.2, -0.15) is 5.21 Å². The van der Waals surface area contributed by atoms with Crippen LogP contribution in [0.3, 0.4) is 0 Å². The van der Waals surface area contributed by atoms with Gasteiger partial charge in [-0.15, -0.1) is 22.8 Å². The topological polar surface area (TPSA) is 63.7 Å². The summed E-state index contributed by atoms with van der Waals surface area (Å²) in [6.45, 7) is 2.17. The molecule has 1 aromatic heterocycles. The van der Waals surface area contributed by atoms with E-state index >= 15 is 0 Å². The summed E-state index contributed by atoms with van der Waals surface area (Å²) in [6.07, 6.45) is 0. The smallest absolute Gasteiger partial charge is 0.200 e. The highest BCUT2D eigenvalue weighted by atomic mass is 32.1. The molecule has 6 heteroatoms. The molecule has 1 atom stereocenters. The molecule has 0 aliphatic rings. The molecule has 0 saturated carbocycles. The van der Waals surface area contributed by atoms with Crippen LogP contribution in [0.2, 0.25) is 0 Å². The summed E-state index contributed by atoms with van der Waals surface area (Å²) in [5, 5.41) is 13.0. The van der Waals surface area contributed by atoms with Gasteiger partial charge in [0.1, 0.15) is 6.61 Å². The minimum Gasteiger partial charge on any atom is -0.360 e. The Morgan fingerprint density at radius 3 is 3.10 bits per heavy atom. The lowest BCUT2D eigenvalue weighted by Crippen LogP contribution is -2.00. The van der Waals surface area contributed by atoms with Crippen molar-refractivity contribution in [2.45, 2.75) is 19.0 Å². The van der Waals surface area contributed by atoms with Crippen LogP contribution in [0.25, 0.3) is 0 Å². The first-order valence-corrected chi connectivity index (χ1v) is 3.32. The molecule has 1 N–H and O–H groups in total. The molecule has 0 spiro atoms. The van der Waals surface area contributed by atoms with Crippen LogP contribution in [0, 0.1) is 0 Å². The first-order valence-electron chi connectivity index (χ1n) is 2.81. The molecule has 1 aromatic rings. The van der Waals surface area contributed by atoms with Crippen molar-refractivity contribution in [2.75, 3.05) is 0 Å². The summed E-state index contributed by atoms with van der Waals surface area (Å²) in [6, 6.07) is 0. The number of rotatable bonds is 3. The third-order valence-corrected chi connectivity index (χ3v) is 0.992. The molecule has 1 heterocycles. The Kier molecular flexibility index (Phi) is 2.64. The Labute approximate surface area is 63.6 Å². The average Bonchev–Trinajstić information content (AvgIpc) is 2.34. The number of thiol groups is 1. The normalized spacial score (nSPS) is 13.4. The standard InChI is InChI=1S/C4H8N4OS/c1-3(10)9-2-4-5-7-8-6-4/h3,10H,2H2,1H3,(H,5,6,7,8). The van der Waals surface area contributed by atoms with Crippen LogP contribution < -0.4 is 0 Å². The third-order valence-electron chi connectivity index (χ3n) is 0.843. The predicted molar refractivity (Wildman–Crippen MR) is 37.4 cm³/mol. The second-order valence-corrected chi connectivity index (χ2v) is 2.47. The van der Waals surface area contributed by atoms with Crippen molar-refractivity contribution in [3.05, 3.63) is 5.82 Å². The molecular formula is C4H8N4OS. The second kappa shape index (κ2) is 3.52. The van der Waals surface area contributed by atoms with Gasteiger partial charge in [-0.05, 0) is 6.92 Å². The van der Waals surface area contributed by atoms with Crippen molar-refractivity contribution in [3.8, 4) is 0 Å². The van der Waals surface area contributed by atoms with Gasteiger partial charge < -0.3 is 4.74 Å². The molecule has 0 aromatic carbocycles. The van der Waals surface area contributed by atoms with Crippen LogP contribution in [0.4, 0.5) is 0 Å². The van der Waals surface area contributed by atoms with E-state index in [1.54, 1.807) is 0 Å². The van der Waals surface area contributed by atoms with Crippen LogP contribution in [-0.4, -0.2) is 26.1 Å². The summed E-state index contributed by atoms with van der Waals surface area (Å²) >= 11 is 4.00. The van der Waals surface area contributed by atoms with Gasteiger partial charge in [-0.25, -0.2) is 0 Å². The van der Waals surface area contributed by atoms with E-state index in [2.05, 4.69) is 33.3 Å². The van der Waals surface area contributed by atoms with E-state index in [1.807, 2.05) is 6.92 Å². The quantitative estimate of drug-likeness (QED) is 0.482. The van der Waals surface area contributed by atoms with E-state index in [9.17, 15) is 0 Å². The Balaban J connectivity index is 2.28. The molecule has 56 valence electrons. The number of aromatic amines is 1. The first kappa shape index (κ1) is 7.49. The van der Waals surface area contributed by atoms with E-state index < -0.39 is 0 Å². The van der Waals surface area contributed by atoms with Crippen molar-refractivity contribution in [2.24, 2.45) is 0 Å². The maximum atomic E-state index is 5.07. The van der Waals surface area contributed by atoms with Crippen molar-refractivity contribution in [3.63, 3.8) is 0 Å². The monoisotopic (exact) mass is 160 g/mol. The molecule has 1 unspecified atom stereocenters. The summed E-state index contributed by atoms with van der Waals surface area (Å²) in [5.74, 6) is 0.543. The van der Waals surface area contributed by atoms with E-state index in [-0.39, 0.29) is 5.44 Å². The van der Waals surface area contributed by atoms with E-state index in [1.165, 1.54) is 0 Å². The van der Waals surface area contributed by atoms with E-state index in [4.69, 9.17) is 4.74 Å². The number of tetrazole rings is 1. The molecule has 10 heavy (non-hydrogen) atoms. The molecule has 0 radical (unpaired) electrons. The van der Waals surface area contributed by atoms with Crippen LogP contribution >= 0.6 is 12.6 Å². The lowest BCUT2D eigenvalue weighted by Gasteiger charge is -2.01. The highest BCUT2D eigenvalue weighted by Gasteiger charge is 1.99. The maximum Gasteiger partial charge on any atom is 0.200 e. The van der Waals surface area contributed by atoms with Gasteiger partial charge >= 0.3 is 0 Å². The molecule has 0 fully saturated rings. The molecule has 5 nitrogen and oxygen atoms in total. The zero-order valence-corrected chi connectivity index (χ0v) is 6.38.